The van der Waals surface area contributed by atoms with Gasteiger partial charge in [-0.05, 0) is 33.6 Å². The number of likely N-dealkylation sites (tertiary alicyclic amines) is 1. The largest absolute Gasteiger partial charge is 0.369 e. The topological polar surface area (TPSA) is 101 Å². The molecule has 1 aliphatic rings. The first kappa shape index (κ1) is 17.9. The van der Waals surface area contributed by atoms with Gasteiger partial charge in [-0.25, -0.2) is 12.7 Å². The minimum atomic E-state index is -3.74. The number of nitrogens with two attached hydrogens (primary N) is 1. The van der Waals surface area contributed by atoms with E-state index in [2.05, 4.69) is 0 Å². The van der Waals surface area contributed by atoms with Gasteiger partial charge in [-0.3, -0.25) is 9.59 Å². The maximum Gasteiger partial charge on any atom is 0.236 e. The fraction of sp³-hybridized carbons (Fsp3) is 0.769. The third-order valence-corrected chi connectivity index (χ3v) is 6.17. The van der Waals surface area contributed by atoms with Gasteiger partial charge in [0.25, 0.3) is 0 Å². The Bertz CT molecular complexity index is 496. The zero-order chi connectivity index (χ0) is 16.4. The lowest BCUT2D eigenvalue weighted by atomic mass is 10.0. The molecule has 0 aromatic carbocycles. The van der Waals surface area contributed by atoms with E-state index in [1.165, 1.54) is 18.3 Å². The van der Waals surface area contributed by atoms with Crippen molar-refractivity contribution in [1.29, 1.82) is 0 Å². The molecule has 1 atom stereocenters. The molecule has 1 aliphatic heterocycles. The summed E-state index contributed by atoms with van der Waals surface area (Å²) in [6, 6.07) is -0.210. The van der Waals surface area contributed by atoms with Crippen molar-refractivity contribution in [3.05, 3.63) is 5.92 Å². The van der Waals surface area contributed by atoms with Crippen molar-refractivity contribution in [2.75, 3.05) is 20.1 Å². The van der Waals surface area contributed by atoms with Gasteiger partial charge >= 0.3 is 0 Å². The number of piperidine rings is 1. The molecule has 1 fully saturated rings. The maximum absolute atomic E-state index is 12.2. The molecule has 0 aliphatic carbocycles. The van der Waals surface area contributed by atoms with E-state index in [-0.39, 0.29) is 11.9 Å². The summed E-state index contributed by atoms with van der Waals surface area (Å²) in [5, 5.41) is -1.24. The molecule has 0 bridgehead atoms. The van der Waals surface area contributed by atoms with E-state index in [4.69, 9.17) is 5.73 Å². The lowest BCUT2D eigenvalue weighted by Gasteiger charge is -2.37. The highest BCUT2D eigenvalue weighted by Gasteiger charge is 2.36. The van der Waals surface area contributed by atoms with Crippen LogP contribution in [0.25, 0.3) is 0 Å². The van der Waals surface area contributed by atoms with Crippen molar-refractivity contribution in [1.82, 2.24) is 9.21 Å². The van der Waals surface area contributed by atoms with E-state index >= 15 is 0 Å². The molecule has 0 aromatic rings. The molecule has 2 N–H and O–H groups in total. The molecule has 0 spiro atoms. The van der Waals surface area contributed by atoms with Crippen LogP contribution in [0.1, 0.15) is 33.6 Å². The molecule has 0 aromatic heterocycles. The fourth-order valence-electron chi connectivity index (χ4n) is 2.35. The minimum Gasteiger partial charge on any atom is -0.369 e. The Morgan fingerprint density at radius 3 is 2.10 bits per heavy atom. The second-order valence-electron chi connectivity index (χ2n) is 5.63. The fourth-order valence-corrected chi connectivity index (χ4v) is 3.77. The van der Waals surface area contributed by atoms with Gasteiger partial charge in [0.05, 0.1) is 5.92 Å². The lowest BCUT2D eigenvalue weighted by molar-refractivity contribution is -0.130. The molecule has 7 nitrogen and oxygen atoms in total. The molecule has 1 saturated heterocycles. The molecular weight excluding hydrogens is 294 g/mol. The van der Waals surface area contributed by atoms with Crippen LogP contribution < -0.4 is 5.73 Å². The van der Waals surface area contributed by atoms with Crippen molar-refractivity contribution in [2.45, 2.75) is 44.9 Å². The zero-order valence-corrected chi connectivity index (χ0v) is 13.8. The van der Waals surface area contributed by atoms with Crippen molar-refractivity contribution in [3.63, 3.8) is 0 Å². The summed E-state index contributed by atoms with van der Waals surface area (Å²) in [5.41, 5.74) is 5.08. The number of hydrogen-bond donors (Lipinski definition) is 1. The summed E-state index contributed by atoms with van der Waals surface area (Å²) in [5.74, 6) is -0.132. The normalized spacial score (nSPS) is 19.0. The quantitative estimate of drug-likeness (QED) is 0.754. The number of carbonyl (C=O) groups is 2. The number of primary amides is 1. The third kappa shape index (κ3) is 3.94. The van der Waals surface area contributed by atoms with Crippen LogP contribution in [0.15, 0.2) is 0 Å². The maximum atomic E-state index is 12.2. The third-order valence-electron chi connectivity index (χ3n) is 3.94. The van der Waals surface area contributed by atoms with Crippen LogP contribution in [0.5, 0.6) is 0 Å². The molecular formula is C13H24N3O4S. The standard InChI is InChI=1S/C13H24N3O4S/c1-9(2)13(18)16-7-5-11(6-8-16)15(4)21(19,20)10(3)12(14)17/h10-11H,5-8H2,1-4H3,(H2,14,17). The summed E-state index contributed by atoms with van der Waals surface area (Å²) in [6.45, 7) is 5.85. The van der Waals surface area contributed by atoms with Gasteiger partial charge in [-0.1, -0.05) is 0 Å². The first-order chi connectivity index (χ1) is 9.59. The van der Waals surface area contributed by atoms with Crippen LogP contribution in [-0.2, 0) is 19.6 Å². The molecule has 1 heterocycles. The zero-order valence-electron chi connectivity index (χ0n) is 13.0. The average molecular weight is 318 g/mol. The van der Waals surface area contributed by atoms with Gasteiger partial charge in [0.15, 0.2) is 5.25 Å². The number of sulfonamides is 1. The van der Waals surface area contributed by atoms with Gasteiger partial charge in [-0.2, -0.15) is 0 Å². The second kappa shape index (κ2) is 6.74. The van der Waals surface area contributed by atoms with E-state index < -0.39 is 21.2 Å². The molecule has 2 amide bonds. The summed E-state index contributed by atoms with van der Waals surface area (Å²) in [6.07, 6.45) is 1.11. The first-order valence-corrected chi connectivity index (χ1v) is 8.45. The lowest BCUT2D eigenvalue weighted by Crippen LogP contribution is -2.51. The van der Waals surface area contributed by atoms with Gasteiger partial charge in [0.1, 0.15) is 0 Å². The highest BCUT2D eigenvalue weighted by Crippen LogP contribution is 2.21. The number of hydrogen-bond acceptors (Lipinski definition) is 4. The van der Waals surface area contributed by atoms with Gasteiger partial charge < -0.3 is 10.6 Å². The van der Waals surface area contributed by atoms with Crippen LogP contribution in [0.2, 0.25) is 0 Å². The summed E-state index contributed by atoms with van der Waals surface area (Å²) in [4.78, 5) is 24.7. The predicted octanol–water partition coefficient (Wildman–Crippen LogP) is -0.273. The Morgan fingerprint density at radius 1 is 1.24 bits per heavy atom. The SMILES string of the molecule is C[C](C)C(=O)N1CCC(N(C)S(=O)(=O)C(C)C(N)=O)CC1. The number of rotatable bonds is 5. The summed E-state index contributed by atoms with van der Waals surface area (Å²) < 4.78 is 25.7. The molecule has 1 rings (SSSR count). The monoisotopic (exact) mass is 318 g/mol. The molecule has 0 saturated carbocycles. The van der Waals surface area contributed by atoms with Gasteiger partial charge in [0.2, 0.25) is 21.8 Å². The predicted molar refractivity (Wildman–Crippen MR) is 79.5 cm³/mol. The number of amides is 2. The van der Waals surface area contributed by atoms with Gasteiger partial charge in [-0.15, -0.1) is 0 Å². The van der Waals surface area contributed by atoms with Crippen LogP contribution in [0.3, 0.4) is 0 Å². The number of nitrogens with zero attached hydrogens (tertiary/aromatic N) is 2. The molecule has 121 valence electrons. The minimum absolute atomic E-state index is 0.00413. The van der Waals surface area contributed by atoms with E-state index in [1.54, 1.807) is 18.7 Å². The average Bonchev–Trinajstić information content (AvgIpc) is 2.44. The molecule has 8 heteroatoms. The Balaban J connectivity index is 2.70. The molecule has 1 unspecified atom stereocenters. The van der Waals surface area contributed by atoms with Crippen molar-refractivity contribution in [2.24, 2.45) is 5.73 Å². The van der Waals surface area contributed by atoms with Gasteiger partial charge in [0, 0.05) is 26.2 Å². The van der Waals surface area contributed by atoms with E-state index in [9.17, 15) is 18.0 Å². The van der Waals surface area contributed by atoms with Crippen LogP contribution in [-0.4, -0.2) is 60.9 Å². The second-order valence-corrected chi connectivity index (χ2v) is 7.94. The van der Waals surface area contributed by atoms with Crippen molar-refractivity contribution >= 4 is 21.8 Å². The summed E-state index contributed by atoms with van der Waals surface area (Å²) >= 11 is 0. The van der Waals surface area contributed by atoms with Crippen molar-refractivity contribution < 1.29 is 18.0 Å². The summed E-state index contributed by atoms with van der Waals surface area (Å²) in [7, 11) is -2.28. The van der Waals surface area contributed by atoms with E-state index in [0.717, 1.165) is 5.92 Å². The van der Waals surface area contributed by atoms with Crippen molar-refractivity contribution in [3.8, 4) is 0 Å². The van der Waals surface area contributed by atoms with E-state index in [1.807, 2.05) is 0 Å². The van der Waals surface area contributed by atoms with Crippen LogP contribution >= 0.6 is 0 Å². The number of carbonyl (C=O) groups excluding carboxylic acids is 2. The van der Waals surface area contributed by atoms with Crippen LogP contribution in [0, 0.1) is 5.92 Å². The molecule has 21 heavy (non-hydrogen) atoms. The smallest absolute Gasteiger partial charge is 0.236 e. The Labute approximate surface area is 126 Å². The van der Waals surface area contributed by atoms with Crippen LogP contribution in [0.4, 0.5) is 0 Å². The first-order valence-electron chi connectivity index (χ1n) is 6.94. The Kier molecular flexibility index (Phi) is 5.75. The Morgan fingerprint density at radius 2 is 1.71 bits per heavy atom. The highest BCUT2D eigenvalue weighted by molar-refractivity contribution is 7.90. The Hall–Kier alpha value is -1.15. The van der Waals surface area contributed by atoms with E-state index in [0.29, 0.717) is 25.9 Å². The highest BCUT2D eigenvalue weighted by atomic mass is 32.2. The molecule has 1 radical (unpaired) electrons.